The molecule has 166 valence electrons. The molecule has 2 atom stereocenters. The number of rotatable bonds is 6. The molecule has 9 nitrogen and oxygen atoms in total. The average Bonchev–Trinajstić information content (AvgIpc) is 3.08. The number of hydrogen-bond donors (Lipinski definition) is 1. The highest BCUT2D eigenvalue weighted by Gasteiger charge is 2.51. The number of aliphatic hydroxyl groups is 1. The zero-order chi connectivity index (χ0) is 22.2. The van der Waals surface area contributed by atoms with E-state index in [2.05, 4.69) is 9.97 Å². The number of piperidine rings is 1. The molecule has 0 aliphatic carbocycles. The van der Waals surface area contributed by atoms with Crippen molar-refractivity contribution in [1.82, 2.24) is 14.9 Å². The lowest BCUT2D eigenvalue weighted by atomic mass is 9.81. The van der Waals surface area contributed by atoms with Gasteiger partial charge >= 0.3 is 6.01 Å². The number of amides is 1. The lowest BCUT2D eigenvalue weighted by Crippen LogP contribution is -2.52. The highest BCUT2D eigenvalue weighted by Crippen LogP contribution is 2.48. The zero-order valence-corrected chi connectivity index (χ0v) is 18.1. The number of fused-ring (bicyclic) bond motifs is 2. The number of nitrogens with zero attached hydrogens (tertiary/aromatic N) is 3. The molecular weight excluding hydrogens is 402 g/mol. The molecule has 1 aromatic heterocycles. The molecule has 2 unspecified atom stereocenters. The lowest BCUT2D eigenvalue weighted by Gasteiger charge is -2.44. The minimum Gasteiger partial charge on any atom is -0.493 e. The fourth-order valence-electron chi connectivity index (χ4n) is 4.82. The van der Waals surface area contributed by atoms with E-state index < -0.39 is 5.60 Å². The summed E-state index contributed by atoms with van der Waals surface area (Å²) in [6.45, 7) is 0. The minimum absolute atomic E-state index is 0.0755. The predicted octanol–water partition coefficient (Wildman–Crippen LogP) is 2.17. The molecule has 0 saturated carbocycles. The number of benzene rings is 1. The van der Waals surface area contributed by atoms with Crippen molar-refractivity contribution in [3.05, 3.63) is 35.5 Å². The van der Waals surface area contributed by atoms with Crippen molar-refractivity contribution in [2.75, 3.05) is 28.4 Å². The van der Waals surface area contributed by atoms with Crippen LogP contribution in [-0.2, 0) is 5.60 Å². The van der Waals surface area contributed by atoms with Crippen molar-refractivity contribution >= 4 is 5.91 Å². The Morgan fingerprint density at radius 1 is 1.03 bits per heavy atom. The third-order valence-corrected chi connectivity index (χ3v) is 6.24. The fourth-order valence-corrected chi connectivity index (χ4v) is 4.82. The van der Waals surface area contributed by atoms with Gasteiger partial charge in [-0.2, -0.15) is 4.98 Å². The van der Waals surface area contributed by atoms with E-state index in [1.807, 2.05) is 4.90 Å². The third-order valence-electron chi connectivity index (χ3n) is 6.24. The molecule has 3 heterocycles. The largest absolute Gasteiger partial charge is 0.493 e. The zero-order valence-electron chi connectivity index (χ0n) is 18.1. The van der Waals surface area contributed by atoms with Gasteiger partial charge in [0.2, 0.25) is 5.88 Å². The van der Waals surface area contributed by atoms with Gasteiger partial charge in [-0.15, -0.1) is 0 Å². The molecule has 2 bridgehead atoms. The normalized spacial score (nSPS) is 24.6. The fraction of sp³-hybridized carbons (Fsp3) is 0.500. The van der Waals surface area contributed by atoms with Gasteiger partial charge in [-0.25, -0.2) is 4.98 Å². The van der Waals surface area contributed by atoms with Crippen LogP contribution in [0, 0.1) is 0 Å². The molecule has 2 aliphatic rings. The first kappa shape index (κ1) is 21.2. The Hall–Kier alpha value is -3.07. The summed E-state index contributed by atoms with van der Waals surface area (Å²) in [5.41, 5.74) is -0.131. The Morgan fingerprint density at radius 3 is 2.29 bits per heavy atom. The molecule has 2 fully saturated rings. The Morgan fingerprint density at radius 2 is 1.71 bits per heavy atom. The first-order valence-electron chi connectivity index (χ1n) is 10.2. The van der Waals surface area contributed by atoms with Crippen molar-refractivity contribution in [1.29, 1.82) is 0 Å². The van der Waals surface area contributed by atoms with Crippen molar-refractivity contribution in [3.63, 3.8) is 0 Å². The number of carbonyl (C=O) groups is 1. The van der Waals surface area contributed by atoms with Crippen molar-refractivity contribution in [3.8, 4) is 23.4 Å². The summed E-state index contributed by atoms with van der Waals surface area (Å²) >= 11 is 0. The monoisotopic (exact) mass is 429 g/mol. The summed E-state index contributed by atoms with van der Waals surface area (Å²) in [7, 11) is 6.07. The summed E-state index contributed by atoms with van der Waals surface area (Å²) in [6.07, 6.45) is 3.97. The van der Waals surface area contributed by atoms with E-state index in [9.17, 15) is 9.90 Å². The maximum Gasteiger partial charge on any atom is 0.319 e. The average molecular weight is 429 g/mol. The second kappa shape index (κ2) is 8.22. The Labute approximate surface area is 180 Å². The van der Waals surface area contributed by atoms with Crippen LogP contribution >= 0.6 is 0 Å². The van der Waals surface area contributed by atoms with E-state index in [1.54, 1.807) is 38.6 Å². The molecule has 0 spiro atoms. The van der Waals surface area contributed by atoms with E-state index in [0.29, 0.717) is 35.5 Å². The van der Waals surface area contributed by atoms with Crippen molar-refractivity contribution in [2.24, 2.45) is 0 Å². The Kier molecular flexibility index (Phi) is 5.62. The standard InChI is InChI=1S/C22H27N3O6/c1-28-17-8-5-13(9-18(17)29-2)20(26)25-14-6-7-15(25)11-22(27,10-14)16-12-23-21(31-4)24-19(16)30-3/h5,8-9,12,14-15,27H,6-7,10-11H2,1-4H3. The number of methoxy groups -OCH3 is 4. The SMILES string of the molecule is COc1ncc(C2(O)CC3CCC(C2)N3C(=O)c2ccc(OC)c(OC)c2)c(OC)n1. The van der Waals surface area contributed by atoms with Gasteiger partial charge in [0.05, 0.1) is 34.0 Å². The highest BCUT2D eigenvalue weighted by atomic mass is 16.5. The smallest absolute Gasteiger partial charge is 0.319 e. The first-order valence-corrected chi connectivity index (χ1v) is 10.2. The lowest BCUT2D eigenvalue weighted by molar-refractivity contribution is -0.0497. The number of hydrogen-bond acceptors (Lipinski definition) is 8. The summed E-state index contributed by atoms with van der Waals surface area (Å²) in [4.78, 5) is 23.6. The first-order chi connectivity index (χ1) is 14.9. The van der Waals surface area contributed by atoms with Crippen LogP contribution in [0.25, 0.3) is 0 Å². The Bertz CT molecular complexity index is 968. The molecule has 31 heavy (non-hydrogen) atoms. The summed E-state index contributed by atoms with van der Waals surface area (Å²) in [6, 6.07) is 5.14. The van der Waals surface area contributed by atoms with Crippen LogP contribution in [0.4, 0.5) is 0 Å². The van der Waals surface area contributed by atoms with Crippen LogP contribution < -0.4 is 18.9 Å². The highest BCUT2D eigenvalue weighted by molar-refractivity contribution is 5.95. The van der Waals surface area contributed by atoms with Gasteiger partial charge in [0.25, 0.3) is 5.91 Å². The van der Waals surface area contributed by atoms with Gasteiger partial charge in [-0.3, -0.25) is 4.79 Å². The predicted molar refractivity (Wildman–Crippen MR) is 111 cm³/mol. The minimum atomic E-state index is -1.18. The van der Waals surface area contributed by atoms with Crippen molar-refractivity contribution in [2.45, 2.75) is 43.4 Å². The van der Waals surface area contributed by atoms with Gasteiger partial charge in [0.1, 0.15) is 5.60 Å². The summed E-state index contributed by atoms with van der Waals surface area (Å²) in [5.74, 6) is 1.29. The Balaban J connectivity index is 1.61. The van der Waals surface area contributed by atoms with E-state index >= 15 is 0 Å². The molecule has 1 aromatic carbocycles. The molecule has 1 N–H and O–H groups in total. The maximum absolute atomic E-state index is 13.4. The van der Waals surface area contributed by atoms with Crippen molar-refractivity contribution < 1.29 is 28.8 Å². The van der Waals surface area contributed by atoms with Gasteiger partial charge < -0.3 is 29.0 Å². The number of ether oxygens (including phenoxy) is 4. The van der Waals surface area contributed by atoms with Crippen LogP contribution in [0.3, 0.4) is 0 Å². The quantitative estimate of drug-likeness (QED) is 0.745. The molecule has 0 radical (unpaired) electrons. The second-order valence-electron chi connectivity index (χ2n) is 7.89. The molecule has 1 amide bonds. The molecule has 2 aliphatic heterocycles. The van der Waals surface area contributed by atoms with Crippen LogP contribution in [-0.4, -0.2) is 66.4 Å². The van der Waals surface area contributed by atoms with Crippen LogP contribution in [0.1, 0.15) is 41.6 Å². The molecule has 2 saturated heterocycles. The van der Waals surface area contributed by atoms with Gasteiger partial charge in [-0.05, 0) is 31.0 Å². The second-order valence-corrected chi connectivity index (χ2v) is 7.89. The van der Waals surface area contributed by atoms with Gasteiger partial charge in [-0.1, -0.05) is 0 Å². The van der Waals surface area contributed by atoms with Gasteiger partial charge in [0.15, 0.2) is 11.5 Å². The third kappa shape index (κ3) is 3.63. The summed E-state index contributed by atoms with van der Waals surface area (Å²) in [5, 5.41) is 11.5. The van der Waals surface area contributed by atoms with E-state index in [1.165, 1.54) is 14.2 Å². The molecular formula is C22H27N3O6. The van der Waals surface area contributed by atoms with E-state index in [4.69, 9.17) is 18.9 Å². The van der Waals surface area contributed by atoms with E-state index in [0.717, 1.165) is 12.8 Å². The molecule has 9 heteroatoms. The van der Waals surface area contributed by atoms with Crippen LogP contribution in [0.5, 0.6) is 23.4 Å². The van der Waals surface area contributed by atoms with Gasteiger partial charge in [0, 0.05) is 36.7 Å². The topological polar surface area (TPSA) is 103 Å². The molecule has 2 aromatic rings. The number of carbonyl (C=O) groups excluding carboxylic acids is 1. The van der Waals surface area contributed by atoms with Crippen LogP contribution in [0.2, 0.25) is 0 Å². The van der Waals surface area contributed by atoms with E-state index in [-0.39, 0.29) is 29.9 Å². The molecule has 4 rings (SSSR count). The van der Waals surface area contributed by atoms with Crippen LogP contribution in [0.15, 0.2) is 24.4 Å². The summed E-state index contributed by atoms with van der Waals surface area (Å²) < 4.78 is 21.1. The maximum atomic E-state index is 13.4. The number of aromatic nitrogens is 2.